The number of nitrogens with zero attached hydrogens (tertiary/aromatic N) is 1. The van der Waals surface area contributed by atoms with E-state index in [-0.39, 0.29) is 6.10 Å². The molecule has 1 N–H and O–H groups in total. The molecule has 0 spiro atoms. The smallest absolute Gasteiger partial charge is 0.312 e. The predicted molar refractivity (Wildman–Crippen MR) is 88.0 cm³/mol. The zero-order chi connectivity index (χ0) is 16.3. The van der Waals surface area contributed by atoms with E-state index < -0.39 is 18.3 Å². The van der Waals surface area contributed by atoms with Gasteiger partial charge in [-0.3, -0.25) is 9.59 Å². The topological polar surface area (TPSA) is 66.8 Å². The molecule has 2 atom stereocenters. The van der Waals surface area contributed by atoms with Crippen LogP contribution in [-0.2, 0) is 9.59 Å². The maximum atomic E-state index is 12.2. The number of ether oxygens (including phenoxy) is 1. The summed E-state index contributed by atoms with van der Waals surface area (Å²) < 4.78 is 6.00. The standard InChI is InChI=1S/C16H21NO4S/c1-3-10(2)12-5-4-6-13-16(12)21-11(9-22)8-17(13)14(18)7-15(19)20/h4-6,10-11,22H,3,7-9H2,1-2H3,(H,19,20). The molecule has 0 fully saturated rings. The van der Waals surface area contributed by atoms with E-state index in [9.17, 15) is 9.59 Å². The largest absolute Gasteiger partial charge is 0.485 e. The number of para-hydroxylation sites is 1. The molecule has 22 heavy (non-hydrogen) atoms. The van der Waals surface area contributed by atoms with Crippen LogP contribution < -0.4 is 9.64 Å². The highest BCUT2D eigenvalue weighted by atomic mass is 32.1. The molecule has 1 heterocycles. The normalized spacial score (nSPS) is 18.3. The van der Waals surface area contributed by atoms with Crippen molar-refractivity contribution in [2.45, 2.75) is 38.7 Å². The van der Waals surface area contributed by atoms with E-state index in [0.29, 0.717) is 29.7 Å². The van der Waals surface area contributed by atoms with E-state index in [1.54, 1.807) is 6.07 Å². The van der Waals surface area contributed by atoms with Crippen LogP contribution in [0.5, 0.6) is 5.75 Å². The molecule has 0 aromatic heterocycles. The first-order valence-electron chi connectivity index (χ1n) is 7.40. The van der Waals surface area contributed by atoms with Crippen LogP contribution in [0.2, 0.25) is 0 Å². The van der Waals surface area contributed by atoms with Crippen molar-refractivity contribution in [1.82, 2.24) is 0 Å². The van der Waals surface area contributed by atoms with Gasteiger partial charge in [0.25, 0.3) is 0 Å². The van der Waals surface area contributed by atoms with E-state index in [1.165, 1.54) is 4.90 Å². The van der Waals surface area contributed by atoms with Gasteiger partial charge < -0.3 is 14.7 Å². The molecule has 1 aliphatic rings. The molecule has 1 amide bonds. The van der Waals surface area contributed by atoms with Crippen molar-refractivity contribution in [1.29, 1.82) is 0 Å². The fraction of sp³-hybridized carbons (Fsp3) is 0.500. The van der Waals surface area contributed by atoms with Gasteiger partial charge in [-0.1, -0.05) is 26.0 Å². The predicted octanol–water partition coefficient (Wildman–Crippen LogP) is 2.70. The highest BCUT2D eigenvalue weighted by molar-refractivity contribution is 7.80. The third-order valence-electron chi connectivity index (χ3n) is 3.94. The van der Waals surface area contributed by atoms with Crippen LogP contribution in [0.4, 0.5) is 5.69 Å². The summed E-state index contributed by atoms with van der Waals surface area (Å²) in [6.45, 7) is 4.52. The number of carboxylic acids is 1. The fourth-order valence-corrected chi connectivity index (χ4v) is 2.74. The van der Waals surface area contributed by atoms with Gasteiger partial charge in [0.2, 0.25) is 5.91 Å². The molecule has 1 aromatic rings. The van der Waals surface area contributed by atoms with Crippen molar-refractivity contribution in [2.75, 3.05) is 17.2 Å². The molecule has 2 unspecified atom stereocenters. The number of hydrogen-bond acceptors (Lipinski definition) is 4. The molecule has 0 aliphatic carbocycles. The van der Waals surface area contributed by atoms with E-state index >= 15 is 0 Å². The van der Waals surface area contributed by atoms with Crippen LogP contribution in [0.1, 0.15) is 38.2 Å². The van der Waals surface area contributed by atoms with Gasteiger partial charge in [-0.15, -0.1) is 0 Å². The summed E-state index contributed by atoms with van der Waals surface area (Å²) in [6.07, 6.45) is 0.194. The van der Waals surface area contributed by atoms with Gasteiger partial charge in [0.05, 0.1) is 12.2 Å². The average molecular weight is 323 g/mol. The fourth-order valence-electron chi connectivity index (χ4n) is 2.55. The summed E-state index contributed by atoms with van der Waals surface area (Å²) in [5.41, 5.74) is 1.70. The number of fused-ring (bicyclic) bond motifs is 1. The highest BCUT2D eigenvalue weighted by Gasteiger charge is 2.32. The molecule has 1 aromatic carbocycles. The van der Waals surface area contributed by atoms with Crippen molar-refractivity contribution in [3.63, 3.8) is 0 Å². The van der Waals surface area contributed by atoms with Gasteiger partial charge >= 0.3 is 5.97 Å². The Morgan fingerprint density at radius 3 is 2.82 bits per heavy atom. The number of carbonyl (C=O) groups excluding carboxylic acids is 1. The lowest BCUT2D eigenvalue weighted by Crippen LogP contribution is -2.45. The third kappa shape index (κ3) is 3.38. The zero-order valence-electron chi connectivity index (χ0n) is 12.8. The molecule has 0 saturated carbocycles. The molecule has 0 bridgehead atoms. The summed E-state index contributed by atoms with van der Waals surface area (Å²) in [4.78, 5) is 24.6. The van der Waals surface area contributed by atoms with E-state index in [2.05, 4.69) is 26.5 Å². The Morgan fingerprint density at radius 1 is 1.50 bits per heavy atom. The number of thiol groups is 1. The molecule has 6 heteroatoms. The van der Waals surface area contributed by atoms with E-state index in [0.717, 1.165) is 12.0 Å². The Kier molecular flexibility index (Phi) is 5.34. The Balaban J connectivity index is 2.44. The molecule has 5 nitrogen and oxygen atoms in total. The maximum Gasteiger partial charge on any atom is 0.312 e. The summed E-state index contributed by atoms with van der Waals surface area (Å²) in [7, 11) is 0. The number of benzene rings is 1. The first-order valence-corrected chi connectivity index (χ1v) is 8.03. The number of aliphatic carboxylic acids is 1. The number of anilines is 1. The van der Waals surface area contributed by atoms with Crippen LogP contribution in [0, 0.1) is 0 Å². The van der Waals surface area contributed by atoms with Crippen LogP contribution in [0.15, 0.2) is 18.2 Å². The first-order chi connectivity index (χ1) is 10.5. The number of carbonyl (C=O) groups is 2. The van der Waals surface area contributed by atoms with Gasteiger partial charge in [0.15, 0.2) is 0 Å². The Bertz CT molecular complexity index is 575. The molecular formula is C16H21NO4S. The monoisotopic (exact) mass is 323 g/mol. The van der Waals surface area contributed by atoms with Crippen molar-refractivity contribution in [2.24, 2.45) is 0 Å². The number of rotatable bonds is 5. The average Bonchev–Trinajstić information content (AvgIpc) is 2.51. The zero-order valence-corrected chi connectivity index (χ0v) is 13.7. The molecule has 120 valence electrons. The minimum atomic E-state index is -1.13. The second kappa shape index (κ2) is 7.05. The molecule has 0 radical (unpaired) electrons. The lowest BCUT2D eigenvalue weighted by atomic mass is 9.96. The number of carboxylic acid groups (broad SMARTS) is 1. The van der Waals surface area contributed by atoms with Gasteiger partial charge in [-0.05, 0) is 24.0 Å². The minimum Gasteiger partial charge on any atom is -0.485 e. The highest BCUT2D eigenvalue weighted by Crippen LogP contribution is 2.41. The number of hydrogen-bond donors (Lipinski definition) is 2. The second-order valence-corrected chi connectivity index (χ2v) is 5.87. The summed E-state index contributed by atoms with van der Waals surface area (Å²) >= 11 is 4.26. The van der Waals surface area contributed by atoms with Gasteiger partial charge in [0, 0.05) is 5.75 Å². The van der Waals surface area contributed by atoms with Crippen LogP contribution in [0.3, 0.4) is 0 Å². The Morgan fingerprint density at radius 2 is 2.23 bits per heavy atom. The van der Waals surface area contributed by atoms with E-state index in [1.807, 2.05) is 12.1 Å². The summed E-state index contributed by atoms with van der Waals surface area (Å²) in [6, 6.07) is 5.68. The van der Waals surface area contributed by atoms with Crippen molar-refractivity contribution >= 4 is 30.2 Å². The van der Waals surface area contributed by atoms with Gasteiger partial charge in [-0.2, -0.15) is 12.6 Å². The first kappa shape index (κ1) is 16.7. The quantitative estimate of drug-likeness (QED) is 0.646. The van der Waals surface area contributed by atoms with Crippen LogP contribution in [-0.4, -0.2) is 35.4 Å². The Hall–Kier alpha value is -1.69. The lowest BCUT2D eigenvalue weighted by Gasteiger charge is -2.36. The Labute approximate surface area is 135 Å². The summed E-state index contributed by atoms with van der Waals surface area (Å²) in [5.74, 6) is -0.111. The third-order valence-corrected chi connectivity index (χ3v) is 4.34. The molecule has 0 saturated heterocycles. The maximum absolute atomic E-state index is 12.2. The lowest BCUT2D eigenvalue weighted by molar-refractivity contribution is -0.140. The van der Waals surface area contributed by atoms with Gasteiger partial charge in [0.1, 0.15) is 18.3 Å². The number of amides is 1. The van der Waals surface area contributed by atoms with Crippen LogP contribution in [0.25, 0.3) is 0 Å². The summed E-state index contributed by atoms with van der Waals surface area (Å²) in [5, 5.41) is 8.87. The minimum absolute atomic E-state index is 0.237. The molecular weight excluding hydrogens is 302 g/mol. The molecule has 2 rings (SSSR count). The van der Waals surface area contributed by atoms with E-state index in [4.69, 9.17) is 9.84 Å². The second-order valence-electron chi connectivity index (χ2n) is 5.50. The van der Waals surface area contributed by atoms with Crippen molar-refractivity contribution in [3.05, 3.63) is 23.8 Å². The van der Waals surface area contributed by atoms with Crippen LogP contribution >= 0.6 is 12.6 Å². The van der Waals surface area contributed by atoms with Gasteiger partial charge in [-0.25, -0.2) is 0 Å². The molecule has 1 aliphatic heterocycles. The SMILES string of the molecule is CCC(C)c1cccc2c1OC(CS)CN2C(=O)CC(=O)O. The van der Waals surface area contributed by atoms with Crippen molar-refractivity contribution in [3.8, 4) is 5.75 Å². The van der Waals surface area contributed by atoms with Crippen molar-refractivity contribution < 1.29 is 19.4 Å².